The van der Waals surface area contributed by atoms with E-state index in [-0.39, 0.29) is 5.41 Å². The standard InChI is InChI=1S/C11H20NO3P/c13-16(14,15)12-7-11-4-8-1-9(5-11)3-10(2-8)6-11/h8-10H,1-7H2,(H3,12,13,14,15). The molecule has 0 unspecified atom stereocenters. The molecule has 0 saturated heterocycles. The largest absolute Gasteiger partial charge is 0.400 e. The van der Waals surface area contributed by atoms with Crippen LogP contribution < -0.4 is 5.09 Å². The third kappa shape index (κ3) is 2.08. The zero-order chi connectivity index (χ0) is 11.4. The maximum absolute atomic E-state index is 10.9. The molecule has 4 rings (SSSR count). The second kappa shape index (κ2) is 3.55. The van der Waals surface area contributed by atoms with E-state index < -0.39 is 7.75 Å². The highest BCUT2D eigenvalue weighted by Crippen LogP contribution is 2.60. The average molecular weight is 245 g/mol. The van der Waals surface area contributed by atoms with Gasteiger partial charge in [-0.25, -0.2) is 9.65 Å². The summed E-state index contributed by atoms with van der Waals surface area (Å²) in [7, 11) is -4.04. The number of rotatable bonds is 3. The van der Waals surface area contributed by atoms with Crippen molar-refractivity contribution in [3.8, 4) is 0 Å². The number of hydrogen-bond acceptors (Lipinski definition) is 1. The molecule has 3 N–H and O–H groups in total. The fourth-order valence-corrected chi connectivity index (χ4v) is 5.32. The third-order valence-electron chi connectivity index (χ3n) is 4.83. The van der Waals surface area contributed by atoms with Crippen molar-refractivity contribution in [3.05, 3.63) is 0 Å². The molecule has 0 spiro atoms. The summed E-state index contributed by atoms with van der Waals surface area (Å²) in [5.74, 6) is 2.51. The van der Waals surface area contributed by atoms with Gasteiger partial charge in [0.05, 0.1) is 0 Å². The molecule has 4 nitrogen and oxygen atoms in total. The third-order valence-corrected chi connectivity index (χ3v) is 5.40. The monoisotopic (exact) mass is 245 g/mol. The van der Waals surface area contributed by atoms with Crippen LogP contribution in [-0.2, 0) is 4.57 Å². The van der Waals surface area contributed by atoms with Crippen molar-refractivity contribution in [3.63, 3.8) is 0 Å². The van der Waals surface area contributed by atoms with Gasteiger partial charge < -0.3 is 9.79 Å². The Hall–Kier alpha value is 0.110. The van der Waals surface area contributed by atoms with Gasteiger partial charge in [-0.15, -0.1) is 0 Å². The van der Waals surface area contributed by atoms with Crippen LogP contribution in [0.15, 0.2) is 0 Å². The Morgan fingerprint density at radius 1 is 1.06 bits per heavy atom. The smallest absolute Gasteiger partial charge is 0.313 e. The van der Waals surface area contributed by atoms with Crippen LogP contribution in [0, 0.1) is 23.2 Å². The lowest BCUT2D eigenvalue weighted by atomic mass is 9.50. The minimum atomic E-state index is -4.04. The van der Waals surface area contributed by atoms with Crippen molar-refractivity contribution in [1.82, 2.24) is 5.09 Å². The highest BCUT2D eigenvalue weighted by molar-refractivity contribution is 7.49. The molecule has 0 aliphatic heterocycles. The Bertz CT molecular complexity index is 303. The Labute approximate surface area is 96.0 Å². The molecule has 16 heavy (non-hydrogen) atoms. The normalized spacial score (nSPS) is 46.2. The van der Waals surface area contributed by atoms with Gasteiger partial charge >= 0.3 is 7.75 Å². The number of hydrogen-bond donors (Lipinski definition) is 3. The molecule has 0 amide bonds. The predicted molar refractivity (Wildman–Crippen MR) is 60.7 cm³/mol. The van der Waals surface area contributed by atoms with E-state index in [4.69, 9.17) is 9.79 Å². The molecule has 0 aromatic heterocycles. The van der Waals surface area contributed by atoms with Crippen molar-refractivity contribution in [2.75, 3.05) is 6.54 Å². The van der Waals surface area contributed by atoms with Crippen LogP contribution in [0.1, 0.15) is 38.5 Å². The zero-order valence-corrected chi connectivity index (χ0v) is 10.3. The van der Waals surface area contributed by atoms with Gasteiger partial charge in [0.2, 0.25) is 0 Å². The molecule has 92 valence electrons. The molecule has 4 saturated carbocycles. The lowest BCUT2D eigenvalue weighted by Crippen LogP contribution is -2.49. The highest BCUT2D eigenvalue weighted by Gasteiger charge is 2.50. The van der Waals surface area contributed by atoms with Crippen molar-refractivity contribution in [1.29, 1.82) is 0 Å². The predicted octanol–water partition coefficient (Wildman–Crippen LogP) is 1.89. The molecule has 4 bridgehead atoms. The van der Waals surface area contributed by atoms with Gasteiger partial charge in [0, 0.05) is 6.54 Å². The Kier molecular flexibility index (Phi) is 2.49. The van der Waals surface area contributed by atoms with Crippen LogP contribution in [0.2, 0.25) is 0 Å². The minimum Gasteiger partial charge on any atom is -0.313 e. The van der Waals surface area contributed by atoms with Gasteiger partial charge in [-0.05, 0) is 61.7 Å². The van der Waals surface area contributed by atoms with Gasteiger partial charge in [0.1, 0.15) is 0 Å². The van der Waals surface area contributed by atoms with Crippen molar-refractivity contribution >= 4 is 7.75 Å². The van der Waals surface area contributed by atoms with Crippen LogP contribution in [0.5, 0.6) is 0 Å². The maximum Gasteiger partial charge on any atom is 0.400 e. The summed E-state index contributed by atoms with van der Waals surface area (Å²) in [6.07, 6.45) is 7.67. The van der Waals surface area contributed by atoms with Crippen molar-refractivity contribution < 1.29 is 14.4 Å². The van der Waals surface area contributed by atoms with Gasteiger partial charge in [-0.2, -0.15) is 0 Å². The lowest BCUT2D eigenvalue weighted by molar-refractivity contribution is -0.0494. The maximum atomic E-state index is 10.9. The first-order chi connectivity index (χ1) is 7.44. The molecular weight excluding hydrogens is 225 g/mol. The topological polar surface area (TPSA) is 69.6 Å². The van der Waals surface area contributed by atoms with E-state index >= 15 is 0 Å². The molecule has 0 atom stereocenters. The van der Waals surface area contributed by atoms with E-state index in [0.29, 0.717) is 6.54 Å². The minimum absolute atomic E-state index is 0.204. The fourth-order valence-electron chi connectivity index (χ4n) is 4.78. The molecule has 4 fully saturated rings. The summed E-state index contributed by atoms with van der Waals surface area (Å²) in [5, 5.41) is 2.45. The quantitative estimate of drug-likeness (QED) is 0.664. The van der Waals surface area contributed by atoms with Crippen LogP contribution in [-0.4, -0.2) is 16.3 Å². The molecular formula is C11H20NO3P. The summed E-state index contributed by atoms with van der Waals surface area (Å²) in [6, 6.07) is 0. The van der Waals surface area contributed by atoms with E-state index in [1.165, 1.54) is 38.5 Å². The first-order valence-electron chi connectivity index (χ1n) is 6.25. The van der Waals surface area contributed by atoms with Crippen molar-refractivity contribution in [2.45, 2.75) is 38.5 Å². The van der Waals surface area contributed by atoms with E-state index in [1.54, 1.807) is 0 Å². The SMILES string of the molecule is O=P(O)(O)NCC12CC3CC(CC(C3)C1)C2. The Morgan fingerprint density at radius 3 is 1.88 bits per heavy atom. The van der Waals surface area contributed by atoms with Gasteiger partial charge in [-0.1, -0.05) is 0 Å². The summed E-state index contributed by atoms with van der Waals surface area (Å²) < 4.78 is 10.9. The van der Waals surface area contributed by atoms with E-state index in [0.717, 1.165) is 17.8 Å². The van der Waals surface area contributed by atoms with Gasteiger partial charge in [0.15, 0.2) is 0 Å². The van der Waals surface area contributed by atoms with Crippen LogP contribution in [0.4, 0.5) is 0 Å². The molecule has 0 aromatic carbocycles. The Balaban J connectivity index is 1.71. The average Bonchev–Trinajstić information content (AvgIpc) is 2.11. The zero-order valence-electron chi connectivity index (χ0n) is 9.43. The van der Waals surface area contributed by atoms with E-state index in [2.05, 4.69) is 5.09 Å². The molecule has 4 aliphatic rings. The highest BCUT2D eigenvalue weighted by atomic mass is 31.2. The molecule has 5 heteroatoms. The van der Waals surface area contributed by atoms with Crippen LogP contribution in [0.3, 0.4) is 0 Å². The summed E-state index contributed by atoms with van der Waals surface area (Å²) >= 11 is 0. The van der Waals surface area contributed by atoms with Gasteiger partial charge in [-0.3, -0.25) is 0 Å². The second-order valence-electron chi connectivity index (χ2n) is 6.30. The van der Waals surface area contributed by atoms with E-state index in [1.807, 2.05) is 0 Å². The van der Waals surface area contributed by atoms with Crippen LogP contribution in [0.25, 0.3) is 0 Å². The molecule has 0 radical (unpaired) electrons. The molecule has 0 aromatic rings. The first-order valence-corrected chi connectivity index (χ1v) is 7.86. The number of nitrogens with one attached hydrogen (secondary N) is 1. The molecule has 4 aliphatic carbocycles. The lowest BCUT2D eigenvalue weighted by Gasteiger charge is -2.57. The van der Waals surface area contributed by atoms with Crippen LogP contribution >= 0.6 is 7.75 Å². The summed E-state index contributed by atoms with van der Waals surface area (Å²) in [5.41, 5.74) is 0.204. The summed E-state index contributed by atoms with van der Waals surface area (Å²) in [6.45, 7) is 0.515. The fraction of sp³-hybridized carbons (Fsp3) is 1.00. The van der Waals surface area contributed by atoms with Gasteiger partial charge in [0.25, 0.3) is 0 Å². The van der Waals surface area contributed by atoms with Crippen molar-refractivity contribution in [2.24, 2.45) is 23.2 Å². The molecule has 0 heterocycles. The second-order valence-corrected chi connectivity index (χ2v) is 7.70. The Morgan fingerprint density at radius 2 is 1.50 bits per heavy atom. The summed E-state index contributed by atoms with van der Waals surface area (Å²) in [4.78, 5) is 17.8. The first kappa shape index (κ1) is 11.2. The van der Waals surface area contributed by atoms with E-state index in [9.17, 15) is 4.57 Å².